The average Bonchev–Trinajstić information content (AvgIpc) is 2.97. The van der Waals surface area contributed by atoms with E-state index in [4.69, 9.17) is 0 Å². The number of hydrogen-bond donors (Lipinski definition) is 0. The van der Waals surface area contributed by atoms with Gasteiger partial charge >= 0.3 is 0 Å². The highest BCUT2D eigenvalue weighted by Gasteiger charge is 2.18. The topological polar surface area (TPSA) is 0 Å². The fourth-order valence-corrected chi connectivity index (χ4v) is 10.0. The summed E-state index contributed by atoms with van der Waals surface area (Å²) in [5.74, 6) is 0. The smallest absolute Gasteiger partial charge is 0.0195 e. The van der Waals surface area contributed by atoms with Crippen LogP contribution in [0, 0.1) is 0 Å². The van der Waals surface area contributed by atoms with Crippen molar-refractivity contribution in [1.82, 2.24) is 0 Å². The van der Waals surface area contributed by atoms with Crippen LogP contribution in [0.2, 0.25) is 0 Å². The van der Waals surface area contributed by atoms with Crippen molar-refractivity contribution in [2.75, 3.05) is 12.3 Å². The van der Waals surface area contributed by atoms with Crippen LogP contribution in [0.4, 0.5) is 0 Å². The Bertz CT molecular complexity index is 1290. The zero-order valence-corrected chi connectivity index (χ0v) is 24.0. The van der Waals surface area contributed by atoms with E-state index >= 15 is 0 Å². The van der Waals surface area contributed by atoms with Gasteiger partial charge < -0.3 is 0 Å². The minimum absolute atomic E-state index is 0.393. The van der Waals surface area contributed by atoms with Crippen LogP contribution in [0.15, 0.2) is 140 Å². The molecular formula is C34H33P3. The van der Waals surface area contributed by atoms with Gasteiger partial charge in [0, 0.05) is 0 Å². The lowest BCUT2D eigenvalue weighted by Crippen LogP contribution is -2.18. The molecule has 3 heteroatoms. The summed E-state index contributed by atoms with van der Waals surface area (Å²) in [7, 11) is 2.22. The van der Waals surface area contributed by atoms with Gasteiger partial charge in [-0.05, 0) is 78.7 Å². The van der Waals surface area contributed by atoms with Crippen molar-refractivity contribution >= 4 is 51.6 Å². The van der Waals surface area contributed by atoms with Crippen molar-refractivity contribution in [3.63, 3.8) is 0 Å². The number of aryl methyl sites for hydroxylation is 1. The van der Waals surface area contributed by atoms with Crippen molar-refractivity contribution in [2.24, 2.45) is 0 Å². The first-order valence-corrected chi connectivity index (χ1v) is 16.5. The summed E-state index contributed by atoms with van der Waals surface area (Å²) in [6, 6.07) is 51.2. The van der Waals surface area contributed by atoms with E-state index in [1.54, 1.807) is 0 Å². The zero-order valence-electron chi connectivity index (χ0n) is 21.1. The maximum Gasteiger partial charge on any atom is -0.0195 e. The second kappa shape index (κ2) is 13.3. The summed E-state index contributed by atoms with van der Waals surface area (Å²) in [5.41, 5.74) is 3.02. The van der Waals surface area contributed by atoms with E-state index in [-0.39, 0.29) is 0 Å². The highest BCUT2D eigenvalue weighted by atomic mass is 31.1. The van der Waals surface area contributed by atoms with E-state index in [0.717, 1.165) is 25.2 Å². The Balaban J connectivity index is 1.39. The summed E-state index contributed by atoms with van der Waals surface area (Å²) in [6.45, 7) is 0. The third-order valence-electron chi connectivity index (χ3n) is 6.77. The summed E-state index contributed by atoms with van der Waals surface area (Å²) in [6.07, 6.45) is 4.52. The van der Waals surface area contributed by atoms with Crippen LogP contribution in [-0.2, 0) is 12.8 Å². The van der Waals surface area contributed by atoms with E-state index in [2.05, 4.69) is 149 Å². The molecule has 0 aliphatic rings. The third kappa shape index (κ3) is 6.83. The van der Waals surface area contributed by atoms with Crippen LogP contribution in [-0.4, -0.2) is 12.3 Å². The Hall–Kier alpha value is -2.61. The molecule has 0 radical (unpaired) electrons. The van der Waals surface area contributed by atoms with Gasteiger partial charge in [0.25, 0.3) is 0 Å². The quantitative estimate of drug-likeness (QED) is 0.179. The number of rotatable bonds is 10. The standard InChI is InChI=1S/C34H33P3/c35-34-23-13-14-28(24-26-36(29-15-5-1-6-16-29)30-17-7-2-8-18-30)33(34)25-27-37(31-19-9-3-10-20-31)32-21-11-4-12-22-32/h1-23H,24-27,35H2. The maximum absolute atomic E-state index is 3.02. The van der Waals surface area contributed by atoms with Crippen LogP contribution < -0.4 is 26.5 Å². The molecule has 0 amide bonds. The number of hydrogen-bond acceptors (Lipinski definition) is 0. The molecule has 184 valence electrons. The lowest BCUT2D eigenvalue weighted by molar-refractivity contribution is 1.06. The molecule has 0 N–H and O–H groups in total. The van der Waals surface area contributed by atoms with Gasteiger partial charge in [-0.3, -0.25) is 0 Å². The third-order valence-corrected chi connectivity index (χ3v) is 12.3. The van der Waals surface area contributed by atoms with Crippen LogP contribution in [0.25, 0.3) is 0 Å². The largest absolute Gasteiger partial charge is 0.105 e. The Labute approximate surface area is 226 Å². The van der Waals surface area contributed by atoms with Gasteiger partial charge in [-0.1, -0.05) is 140 Å². The highest BCUT2D eigenvalue weighted by molar-refractivity contribution is 7.73. The van der Waals surface area contributed by atoms with E-state index in [9.17, 15) is 0 Å². The molecular weight excluding hydrogens is 501 g/mol. The van der Waals surface area contributed by atoms with E-state index < -0.39 is 15.8 Å². The summed E-state index contributed by atoms with van der Waals surface area (Å²) in [5, 5.41) is 7.19. The van der Waals surface area contributed by atoms with E-state index in [1.807, 2.05) is 0 Å². The molecule has 0 aromatic heterocycles. The Morgan fingerprint density at radius 2 is 0.784 bits per heavy atom. The van der Waals surface area contributed by atoms with Gasteiger partial charge in [-0.15, -0.1) is 9.24 Å². The molecule has 5 aromatic carbocycles. The highest BCUT2D eigenvalue weighted by Crippen LogP contribution is 2.36. The van der Waals surface area contributed by atoms with Gasteiger partial charge in [-0.2, -0.15) is 0 Å². The molecule has 0 heterocycles. The molecule has 0 fully saturated rings. The first-order chi connectivity index (χ1) is 18.3. The lowest BCUT2D eigenvalue weighted by Gasteiger charge is -2.22. The van der Waals surface area contributed by atoms with Gasteiger partial charge in [0.2, 0.25) is 0 Å². The predicted molar refractivity (Wildman–Crippen MR) is 171 cm³/mol. The second-order valence-corrected chi connectivity index (χ2v) is 14.4. The van der Waals surface area contributed by atoms with Crippen molar-refractivity contribution in [2.45, 2.75) is 12.8 Å². The van der Waals surface area contributed by atoms with Crippen molar-refractivity contribution in [3.05, 3.63) is 151 Å². The molecule has 0 aliphatic heterocycles. The molecule has 5 rings (SSSR count). The molecule has 0 aliphatic carbocycles. The molecule has 0 nitrogen and oxygen atoms in total. The van der Waals surface area contributed by atoms with Crippen LogP contribution >= 0.6 is 25.1 Å². The molecule has 0 spiro atoms. The monoisotopic (exact) mass is 534 g/mol. The Morgan fingerprint density at radius 1 is 0.405 bits per heavy atom. The summed E-state index contributed by atoms with van der Waals surface area (Å²) >= 11 is 0. The molecule has 37 heavy (non-hydrogen) atoms. The summed E-state index contributed by atoms with van der Waals surface area (Å²) in [4.78, 5) is 0. The van der Waals surface area contributed by atoms with Gasteiger partial charge in [0.05, 0.1) is 0 Å². The molecule has 0 saturated carbocycles. The van der Waals surface area contributed by atoms with Crippen LogP contribution in [0.1, 0.15) is 11.1 Å². The van der Waals surface area contributed by atoms with Crippen molar-refractivity contribution < 1.29 is 0 Å². The number of benzene rings is 5. The fraction of sp³-hybridized carbons (Fsp3) is 0.118. The average molecular weight is 535 g/mol. The molecule has 1 unspecified atom stereocenters. The van der Waals surface area contributed by atoms with Crippen LogP contribution in [0.5, 0.6) is 0 Å². The first kappa shape index (κ1) is 26.0. The molecule has 5 aromatic rings. The second-order valence-electron chi connectivity index (χ2n) is 9.13. The summed E-state index contributed by atoms with van der Waals surface area (Å²) < 4.78 is 0. The maximum atomic E-state index is 3.02. The van der Waals surface area contributed by atoms with Gasteiger partial charge in [0.1, 0.15) is 0 Å². The Morgan fingerprint density at radius 3 is 1.19 bits per heavy atom. The Kier molecular flexibility index (Phi) is 9.33. The van der Waals surface area contributed by atoms with E-state index in [1.165, 1.54) is 37.6 Å². The van der Waals surface area contributed by atoms with Gasteiger partial charge in [-0.25, -0.2) is 0 Å². The van der Waals surface area contributed by atoms with E-state index in [0.29, 0.717) is 0 Å². The van der Waals surface area contributed by atoms with Gasteiger partial charge in [0.15, 0.2) is 0 Å². The first-order valence-electron chi connectivity index (χ1n) is 12.9. The minimum Gasteiger partial charge on any atom is -0.105 e. The lowest BCUT2D eigenvalue weighted by atomic mass is 10.0. The normalized spacial score (nSPS) is 11.2. The SMILES string of the molecule is Pc1cccc(CCP(c2ccccc2)c2ccccc2)c1CCP(c1ccccc1)c1ccccc1. The predicted octanol–water partition coefficient (Wildman–Crippen LogP) is 6.54. The minimum atomic E-state index is -0.399. The molecule has 1 atom stereocenters. The molecule has 0 saturated heterocycles. The van der Waals surface area contributed by atoms with Crippen molar-refractivity contribution in [1.29, 1.82) is 0 Å². The van der Waals surface area contributed by atoms with Crippen molar-refractivity contribution in [3.8, 4) is 0 Å². The fourth-order valence-electron chi connectivity index (χ4n) is 4.90. The van der Waals surface area contributed by atoms with Crippen LogP contribution in [0.3, 0.4) is 0 Å². The molecule has 0 bridgehead atoms. The zero-order chi connectivity index (χ0) is 25.3.